The molecule has 0 atom stereocenters. The Hall–Kier alpha value is -0.830. The summed E-state index contributed by atoms with van der Waals surface area (Å²) < 4.78 is 0. The normalized spacial score (nSPS) is 11.0. The average molecular weight is 128 g/mol. The minimum Gasteiger partial charge on any atom is -0.405 e. The SMILES string of the molecule is N/C=C\C(=S)/C=C\N. The van der Waals surface area contributed by atoms with Gasteiger partial charge in [-0.15, -0.1) is 0 Å². The lowest BCUT2D eigenvalue weighted by Crippen LogP contribution is -1.87. The van der Waals surface area contributed by atoms with Gasteiger partial charge < -0.3 is 11.5 Å². The number of allylic oxidation sites excluding steroid dienone is 2. The standard InChI is InChI=1S/C5H8N2S/c6-3-1-5(8)2-4-7/h1-4H,6-7H2/b3-1-,4-2-. The minimum absolute atomic E-state index is 0.634. The fourth-order valence-electron chi connectivity index (χ4n) is 0.245. The summed E-state index contributed by atoms with van der Waals surface area (Å²) in [6.07, 6.45) is 5.95. The highest BCUT2D eigenvalue weighted by Gasteiger charge is 1.75. The van der Waals surface area contributed by atoms with E-state index in [2.05, 4.69) is 0 Å². The van der Waals surface area contributed by atoms with E-state index in [9.17, 15) is 0 Å². The van der Waals surface area contributed by atoms with E-state index in [4.69, 9.17) is 23.7 Å². The molecular formula is C5H8N2S. The van der Waals surface area contributed by atoms with E-state index in [-0.39, 0.29) is 0 Å². The molecule has 0 amide bonds. The fourth-order valence-corrected chi connectivity index (χ4v) is 0.402. The van der Waals surface area contributed by atoms with Crippen LogP contribution in [0.25, 0.3) is 0 Å². The Bertz CT molecular complexity index is 112. The van der Waals surface area contributed by atoms with Crippen molar-refractivity contribution in [1.82, 2.24) is 0 Å². The lowest BCUT2D eigenvalue weighted by molar-refractivity contribution is 1.61. The van der Waals surface area contributed by atoms with Gasteiger partial charge >= 0.3 is 0 Å². The van der Waals surface area contributed by atoms with Gasteiger partial charge in [0.15, 0.2) is 0 Å². The van der Waals surface area contributed by atoms with Crippen LogP contribution in [0.15, 0.2) is 24.6 Å². The Morgan fingerprint density at radius 2 is 1.50 bits per heavy atom. The van der Waals surface area contributed by atoms with Gasteiger partial charge in [-0.2, -0.15) is 0 Å². The molecule has 0 saturated carbocycles. The molecule has 3 heteroatoms. The van der Waals surface area contributed by atoms with E-state index >= 15 is 0 Å². The number of nitrogens with two attached hydrogens (primary N) is 2. The molecule has 4 N–H and O–H groups in total. The van der Waals surface area contributed by atoms with Crippen LogP contribution in [0.4, 0.5) is 0 Å². The second-order valence-corrected chi connectivity index (χ2v) is 1.59. The highest BCUT2D eigenvalue weighted by Crippen LogP contribution is 1.79. The number of thiocarbonyl (C=S) groups is 1. The zero-order valence-corrected chi connectivity index (χ0v) is 5.19. The summed E-state index contributed by atoms with van der Waals surface area (Å²) >= 11 is 4.72. The van der Waals surface area contributed by atoms with Gasteiger partial charge in [0.1, 0.15) is 0 Å². The summed E-state index contributed by atoms with van der Waals surface area (Å²) in [4.78, 5) is 0.634. The van der Waals surface area contributed by atoms with E-state index in [1.54, 1.807) is 12.2 Å². The number of hydrogen-bond donors (Lipinski definition) is 2. The zero-order valence-electron chi connectivity index (χ0n) is 4.37. The Balaban J connectivity index is 3.66. The van der Waals surface area contributed by atoms with E-state index in [1.165, 1.54) is 12.4 Å². The summed E-state index contributed by atoms with van der Waals surface area (Å²) in [5, 5.41) is 0. The molecule has 44 valence electrons. The van der Waals surface area contributed by atoms with E-state index in [0.717, 1.165) is 0 Å². The molecule has 0 aliphatic heterocycles. The molecule has 0 fully saturated rings. The molecule has 0 aromatic rings. The van der Waals surface area contributed by atoms with Crippen molar-refractivity contribution in [3.05, 3.63) is 24.6 Å². The van der Waals surface area contributed by atoms with Crippen molar-refractivity contribution >= 4 is 17.1 Å². The molecular weight excluding hydrogens is 120 g/mol. The van der Waals surface area contributed by atoms with Crippen molar-refractivity contribution in [1.29, 1.82) is 0 Å². The van der Waals surface area contributed by atoms with E-state index < -0.39 is 0 Å². The lowest BCUT2D eigenvalue weighted by atomic mass is 10.4. The Morgan fingerprint density at radius 1 is 1.12 bits per heavy atom. The van der Waals surface area contributed by atoms with Crippen LogP contribution in [0.3, 0.4) is 0 Å². The molecule has 0 heterocycles. The molecule has 0 aliphatic rings. The van der Waals surface area contributed by atoms with Gasteiger partial charge in [0.25, 0.3) is 0 Å². The third-order valence-electron chi connectivity index (χ3n) is 0.521. The van der Waals surface area contributed by atoms with Gasteiger partial charge in [-0.3, -0.25) is 0 Å². The van der Waals surface area contributed by atoms with Crippen molar-refractivity contribution in [2.75, 3.05) is 0 Å². The maximum atomic E-state index is 5.02. The van der Waals surface area contributed by atoms with E-state index in [0.29, 0.717) is 4.86 Å². The monoisotopic (exact) mass is 128 g/mol. The van der Waals surface area contributed by atoms with Gasteiger partial charge in [-0.05, 0) is 24.6 Å². The van der Waals surface area contributed by atoms with E-state index in [1.807, 2.05) is 0 Å². The van der Waals surface area contributed by atoms with Gasteiger partial charge in [0.05, 0.1) is 0 Å². The fraction of sp³-hybridized carbons (Fsp3) is 0. The van der Waals surface area contributed by atoms with Crippen molar-refractivity contribution in [3.8, 4) is 0 Å². The first kappa shape index (κ1) is 7.17. The Kier molecular flexibility index (Phi) is 3.88. The van der Waals surface area contributed by atoms with Crippen LogP contribution >= 0.6 is 12.2 Å². The summed E-state index contributed by atoms with van der Waals surface area (Å²) in [7, 11) is 0. The molecule has 0 aromatic carbocycles. The zero-order chi connectivity index (χ0) is 6.41. The summed E-state index contributed by atoms with van der Waals surface area (Å²) in [6.45, 7) is 0. The molecule has 0 aromatic heterocycles. The van der Waals surface area contributed by atoms with Gasteiger partial charge in [-0.1, -0.05) is 12.2 Å². The second kappa shape index (κ2) is 4.33. The third kappa shape index (κ3) is 3.36. The predicted molar refractivity (Wildman–Crippen MR) is 39.3 cm³/mol. The maximum absolute atomic E-state index is 5.02. The smallest absolute Gasteiger partial charge is 0.0405 e. The summed E-state index contributed by atoms with van der Waals surface area (Å²) in [6, 6.07) is 0. The van der Waals surface area contributed by atoms with Crippen LogP contribution in [0.1, 0.15) is 0 Å². The predicted octanol–water partition coefficient (Wildman–Crippen LogP) is 0.301. The first-order valence-electron chi connectivity index (χ1n) is 2.11. The largest absolute Gasteiger partial charge is 0.405 e. The maximum Gasteiger partial charge on any atom is 0.0405 e. The first-order valence-corrected chi connectivity index (χ1v) is 2.52. The number of hydrogen-bond acceptors (Lipinski definition) is 3. The minimum atomic E-state index is 0.634. The molecule has 2 nitrogen and oxygen atoms in total. The quantitative estimate of drug-likeness (QED) is 0.415. The molecule has 0 rings (SSSR count). The molecule has 0 unspecified atom stereocenters. The molecule has 0 saturated heterocycles. The Morgan fingerprint density at radius 3 is 1.75 bits per heavy atom. The lowest BCUT2D eigenvalue weighted by Gasteiger charge is -1.79. The van der Waals surface area contributed by atoms with Crippen molar-refractivity contribution < 1.29 is 0 Å². The number of rotatable bonds is 2. The average Bonchev–Trinajstić information content (AvgIpc) is 1.68. The highest BCUT2D eigenvalue weighted by molar-refractivity contribution is 7.81. The topological polar surface area (TPSA) is 52.0 Å². The molecule has 0 bridgehead atoms. The van der Waals surface area contributed by atoms with Crippen molar-refractivity contribution in [2.24, 2.45) is 11.5 Å². The van der Waals surface area contributed by atoms with Crippen LogP contribution in [0.2, 0.25) is 0 Å². The second-order valence-electron chi connectivity index (χ2n) is 1.12. The summed E-state index contributed by atoms with van der Waals surface area (Å²) in [5.41, 5.74) is 10.0. The van der Waals surface area contributed by atoms with Crippen LogP contribution < -0.4 is 11.5 Å². The molecule has 0 spiro atoms. The van der Waals surface area contributed by atoms with Crippen LogP contribution in [0, 0.1) is 0 Å². The van der Waals surface area contributed by atoms with Crippen molar-refractivity contribution in [2.45, 2.75) is 0 Å². The summed E-state index contributed by atoms with van der Waals surface area (Å²) in [5.74, 6) is 0. The van der Waals surface area contributed by atoms with Gasteiger partial charge in [0.2, 0.25) is 0 Å². The molecule has 0 aliphatic carbocycles. The molecule has 8 heavy (non-hydrogen) atoms. The van der Waals surface area contributed by atoms with Gasteiger partial charge in [0, 0.05) is 4.86 Å². The van der Waals surface area contributed by atoms with Crippen molar-refractivity contribution in [3.63, 3.8) is 0 Å². The third-order valence-corrected chi connectivity index (χ3v) is 0.793. The first-order chi connectivity index (χ1) is 3.81. The van der Waals surface area contributed by atoms with Crippen LogP contribution in [0.5, 0.6) is 0 Å². The highest BCUT2D eigenvalue weighted by atomic mass is 32.1. The van der Waals surface area contributed by atoms with Crippen LogP contribution in [-0.4, -0.2) is 4.86 Å². The van der Waals surface area contributed by atoms with Gasteiger partial charge in [-0.25, -0.2) is 0 Å². The van der Waals surface area contributed by atoms with Crippen LogP contribution in [-0.2, 0) is 0 Å². The molecule has 0 radical (unpaired) electrons. The Labute approximate surface area is 53.9 Å².